The number of benzene rings is 1. The molecule has 112 valence electrons. The highest BCUT2D eigenvalue weighted by atomic mass is 32.2. The molecule has 1 fully saturated rings. The molecule has 1 aromatic rings. The Kier molecular flexibility index (Phi) is 4.23. The summed E-state index contributed by atoms with van der Waals surface area (Å²) in [6, 6.07) is 5.25. The number of rotatable bonds is 3. The van der Waals surface area contributed by atoms with E-state index in [4.69, 9.17) is 0 Å². The molecule has 2 rings (SSSR count). The van der Waals surface area contributed by atoms with Crippen LogP contribution in [-0.2, 0) is 10.0 Å². The summed E-state index contributed by atoms with van der Waals surface area (Å²) in [7, 11) is -3.45. The molecule has 0 bridgehead atoms. The molecular weight excluding hydrogens is 272 g/mol. The lowest BCUT2D eigenvalue weighted by atomic mass is 9.81. The predicted molar refractivity (Wildman–Crippen MR) is 81.3 cm³/mol. The van der Waals surface area contributed by atoms with Crippen molar-refractivity contribution in [2.24, 2.45) is 5.41 Å². The second kappa shape index (κ2) is 5.47. The number of sulfonamides is 1. The standard InChI is InChI=1S/C15H24N2O2S/c1-11-5-6-13(9-12(11)2)20(18,19)17-14-7-8-16-10-15(14,3)4/h5-6,9,14,16-17H,7-8,10H2,1-4H3. The summed E-state index contributed by atoms with van der Waals surface area (Å²) in [5, 5.41) is 3.31. The quantitative estimate of drug-likeness (QED) is 0.896. The minimum Gasteiger partial charge on any atom is -0.316 e. The number of hydrogen-bond acceptors (Lipinski definition) is 3. The fourth-order valence-corrected chi connectivity index (χ4v) is 4.05. The highest BCUT2D eigenvalue weighted by Gasteiger charge is 2.35. The fourth-order valence-electron chi connectivity index (χ4n) is 2.53. The van der Waals surface area contributed by atoms with Crippen LogP contribution in [0.5, 0.6) is 0 Å². The number of hydrogen-bond donors (Lipinski definition) is 2. The Bertz CT molecular complexity index is 594. The summed E-state index contributed by atoms with van der Waals surface area (Å²) in [6.45, 7) is 9.77. The minimum atomic E-state index is -3.45. The van der Waals surface area contributed by atoms with Gasteiger partial charge in [-0.1, -0.05) is 19.9 Å². The van der Waals surface area contributed by atoms with Crippen LogP contribution >= 0.6 is 0 Å². The first kappa shape index (κ1) is 15.5. The van der Waals surface area contributed by atoms with E-state index in [0.29, 0.717) is 4.90 Å². The molecule has 0 aliphatic carbocycles. The summed E-state index contributed by atoms with van der Waals surface area (Å²) in [5.74, 6) is 0. The van der Waals surface area contributed by atoms with Crippen molar-refractivity contribution in [3.05, 3.63) is 29.3 Å². The molecule has 1 saturated heterocycles. The summed E-state index contributed by atoms with van der Waals surface area (Å²) >= 11 is 0. The van der Waals surface area contributed by atoms with Gasteiger partial charge in [0.15, 0.2) is 0 Å². The second-order valence-corrected chi connectivity index (χ2v) is 8.09. The maximum Gasteiger partial charge on any atom is 0.240 e. The van der Waals surface area contributed by atoms with Crippen molar-refractivity contribution >= 4 is 10.0 Å². The maximum absolute atomic E-state index is 12.5. The van der Waals surface area contributed by atoms with E-state index >= 15 is 0 Å². The van der Waals surface area contributed by atoms with Crippen molar-refractivity contribution in [1.82, 2.24) is 10.0 Å². The van der Waals surface area contributed by atoms with E-state index in [2.05, 4.69) is 23.9 Å². The molecule has 2 N–H and O–H groups in total. The Labute approximate surface area is 122 Å². The van der Waals surface area contributed by atoms with Gasteiger partial charge in [0.25, 0.3) is 0 Å². The van der Waals surface area contributed by atoms with Gasteiger partial charge in [-0.05, 0) is 55.5 Å². The largest absolute Gasteiger partial charge is 0.316 e. The molecule has 1 aromatic carbocycles. The van der Waals surface area contributed by atoms with Gasteiger partial charge in [-0.3, -0.25) is 0 Å². The molecule has 0 aromatic heterocycles. The smallest absolute Gasteiger partial charge is 0.240 e. The second-order valence-electron chi connectivity index (χ2n) is 6.37. The zero-order valence-corrected chi connectivity index (χ0v) is 13.5. The van der Waals surface area contributed by atoms with Crippen LogP contribution in [-0.4, -0.2) is 27.5 Å². The van der Waals surface area contributed by atoms with Crippen LogP contribution in [0.1, 0.15) is 31.4 Å². The van der Waals surface area contributed by atoms with E-state index in [1.807, 2.05) is 19.9 Å². The van der Waals surface area contributed by atoms with Gasteiger partial charge in [-0.15, -0.1) is 0 Å². The molecule has 0 amide bonds. The SMILES string of the molecule is Cc1ccc(S(=O)(=O)NC2CCNCC2(C)C)cc1C. The normalized spacial score (nSPS) is 22.7. The van der Waals surface area contributed by atoms with Crippen molar-refractivity contribution in [3.8, 4) is 0 Å². The van der Waals surface area contributed by atoms with Crippen molar-refractivity contribution in [1.29, 1.82) is 0 Å². The molecule has 1 aliphatic rings. The summed E-state index contributed by atoms with van der Waals surface area (Å²) in [5.41, 5.74) is 2.02. The Morgan fingerprint density at radius 2 is 1.95 bits per heavy atom. The Morgan fingerprint density at radius 3 is 2.55 bits per heavy atom. The molecule has 5 heteroatoms. The van der Waals surface area contributed by atoms with Crippen LogP contribution in [0.3, 0.4) is 0 Å². The molecule has 1 heterocycles. The summed E-state index contributed by atoms with van der Waals surface area (Å²) in [6.07, 6.45) is 0.817. The Morgan fingerprint density at radius 1 is 1.25 bits per heavy atom. The van der Waals surface area contributed by atoms with E-state index in [1.165, 1.54) is 0 Å². The molecule has 0 spiro atoms. The molecule has 0 saturated carbocycles. The van der Waals surface area contributed by atoms with Gasteiger partial charge < -0.3 is 5.32 Å². The monoisotopic (exact) mass is 296 g/mol. The third-order valence-electron chi connectivity index (χ3n) is 4.22. The Balaban J connectivity index is 2.24. The third-order valence-corrected chi connectivity index (χ3v) is 5.69. The van der Waals surface area contributed by atoms with Gasteiger partial charge in [0.1, 0.15) is 0 Å². The topological polar surface area (TPSA) is 58.2 Å². The lowest BCUT2D eigenvalue weighted by Crippen LogP contribution is -2.54. The van der Waals surface area contributed by atoms with E-state index in [0.717, 1.165) is 30.6 Å². The molecule has 1 atom stereocenters. The average Bonchev–Trinajstić information content (AvgIpc) is 2.35. The van der Waals surface area contributed by atoms with Crippen LogP contribution in [0.15, 0.2) is 23.1 Å². The highest BCUT2D eigenvalue weighted by Crippen LogP contribution is 2.27. The molecular formula is C15H24N2O2S. The van der Waals surface area contributed by atoms with Gasteiger partial charge in [0, 0.05) is 12.6 Å². The van der Waals surface area contributed by atoms with Crippen LogP contribution in [0.25, 0.3) is 0 Å². The number of nitrogens with one attached hydrogen (secondary N) is 2. The molecule has 20 heavy (non-hydrogen) atoms. The van der Waals surface area contributed by atoms with Crippen LogP contribution in [0, 0.1) is 19.3 Å². The van der Waals surface area contributed by atoms with Crippen molar-refractivity contribution < 1.29 is 8.42 Å². The first-order valence-corrected chi connectivity index (χ1v) is 8.51. The highest BCUT2D eigenvalue weighted by molar-refractivity contribution is 7.89. The minimum absolute atomic E-state index is 0.0321. The molecule has 4 nitrogen and oxygen atoms in total. The van der Waals surface area contributed by atoms with Crippen molar-refractivity contribution in [3.63, 3.8) is 0 Å². The first-order valence-electron chi connectivity index (χ1n) is 7.03. The van der Waals surface area contributed by atoms with E-state index in [-0.39, 0.29) is 11.5 Å². The van der Waals surface area contributed by atoms with E-state index in [1.54, 1.807) is 12.1 Å². The van der Waals surface area contributed by atoms with Gasteiger partial charge in [0.05, 0.1) is 4.90 Å². The van der Waals surface area contributed by atoms with Crippen LogP contribution in [0.2, 0.25) is 0 Å². The third kappa shape index (κ3) is 3.22. The molecule has 0 radical (unpaired) electrons. The van der Waals surface area contributed by atoms with Gasteiger partial charge >= 0.3 is 0 Å². The van der Waals surface area contributed by atoms with Crippen molar-refractivity contribution in [2.45, 2.75) is 45.1 Å². The summed E-state index contributed by atoms with van der Waals surface area (Å²) in [4.78, 5) is 0.356. The maximum atomic E-state index is 12.5. The lowest BCUT2D eigenvalue weighted by molar-refractivity contribution is 0.206. The van der Waals surface area contributed by atoms with Crippen molar-refractivity contribution in [2.75, 3.05) is 13.1 Å². The average molecular weight is 296 g/mol. The van der Waals surface area contributed by atoms with Gasteiger partial charge in [-0.2, -0.15) is 0 Å². The Hall–Kier alpha value is -0.910. The van der Waals surface area contributed by atoms with Crippen LogP contribution < -0.4 is 10.0 Å². The number of piperidine rings is 1. The van der Waals surface area contributed by atoms with E-state index in [9.17, 15) is 8.42 Å². The zero-order valence-electron chi connectivity index (χ0n) is 12.7. The molecule has 1 unspecified atom stereocenters. The fraction of sp³-hybridized carbons (Fsp3) is 0.600. The van der Waals surface area contributed by atoms with E-state index < -0.39 is 10.0 Å². The lowest BCUT2D eigenvalue weighted by Gasteiger charge is -2.39. The predicted octanol–water partition coefficient (Wildman–Crippen LogP) is 1.97. The molecule has 1 aliphatic heterocycles. The summed E-state index contributed by atoms with van der Waals surface area (Å²) < 4.78 is 27.9. The van der Waals surface area contributed by atoms with Gasteiger partial charge in [-0.25, -0.2) is 13.1 Å². The van der Waals surface area contributed by atoms with Gasteiger partial charge in [0.2, 0.25) is 10.0 Å². The zero-order chi connectivity index (χ0) is 15.0. The van der Waals surface area contributed by atoms with Crippen LogP contribution in [0.4, 0.5) is 0 Å². The first-order chi connectivity index (χ1) is 9.22. The number of aryl methyl sites for hydroxylation is 2.